The van der Waals surface area contributed by atoms with Crippen LogP contribution in [0.2, 0.25) is 0 Å². The Hall–Kier alpha value is -2.03. The van der Waals surface area contributed by atoms with Crippen molar-refractivity contribution in [3.63, 3.8) is 0 Å². The van der Waals surface area contributed by atoms with Crippen LogP contribution in [0.3, 0.4) is 0 Å². The van der Waals surface area contributed by atoms with Gasteiger partial charge in [-0.3, -0.25) is 14.2 Å². The second kappa shape index (κ2) is 38.5. The number of rotatable bonds is 40. The van der Waals surface area contributed by atoms with Gasteiger partial charge in [-0.05, 0) is 57.8 Å². The molecule has 1 unspecified atom stereocenters. The maximum absolute atomic E-state index is 12.7. The molecule has 0 saturated carbocycles. The molecule has 0 radical (unpaired) electrons. The average molecular weight is 810 g/mol. The first-order valence-corrected chi connectivity index (χ1v) is 23.8. The zero-order valence-electron chi connectivity index (χ0n) is 36.6. The van der Waals surface area contributed by atoms with Crippen LogP contribution >= 0.6 is 7.82 Å². The smallest absolute Gasteiger partial charge is 0.306 e. The summed E-state index contributed by atoms with van der Waals surface area (Å²) >= 11 is 0. The van der Waals surface area contributed by atoms with Crippen LogP contribution in [0.4, 0.5) is 0 Å². The summed E-state index contributed by atoms with van der Waals surface area (Å²) in [5.74, 6) is -0.869. The molecule has 0 rings (SSSR count). The Morgan fingerprint density at radius 2 is 0.964 bits per heavy atom. The summed E-state index contributed by atoms with van der Waals surface area (Å²) in [6.07, 6.45) is 44.2. The van der Waals surface area contributed by atoms with Crippen LogP contribution in [-0.4, -0.2) is 70.0 Å². The monoisotopic (exact) mass is 810 g/mol. The van der Waals surface area contributed by atoms with Crippen molar-refractivity contribution in [3.05, 3.63) is 48.6 Å². The van der Waals surface area contributed by atoms with Gasteiger partial charge in [0.05, 0.1) is 27.7 Å². The lowest BCUT2D eigenvalue weighted by Crippen LogP contribution is -2.37. The number of carbonyl (C=O) groups excluding carboxylic acids is 2. The fourth-order valence-electron chi connectivity index (χ4n) is 5.81. The first kappa shape index (κ1) is 54.0. The van der Waals surface area contributed by atoms with Crippen LogP contribution < -0.4 is 4.89 Å². The molecule has 0 aromatic carbocycles. The van der Waals surface area contributed by atoms with E-state index in [1.165, 1.54) is 83.5 Å². The largest absolute Gasteiger partial charge is 0.756 e. The number of allylic oxidation sites excluding steroid dienone is 8. The quantitative estimate of drug-likeness (QED) is 0.0198. The lowest BCUT2D eigenvalue weighted by molar-refractivity contribution is -0.870. The number of unbranched alkanes of at least 4 members (excludes halogenated alkanes) is 18. The van der Waals surface area contributed by atoms with Gasteiger partial charge in [-0.15, -0.1) is 0 Å². The van der Waals surface area contributed by atoms with Gasteiger partial charge in [-0.25, -0.2) is 0 Å². The topological polar surface area (TPSA) is 111 Å². The number of hydrogen-bond donors (Lipinski definition) is 0. The number of likely N-dealkylation sites (N-methyl/N-ethyl adjacent to an activating group) is 1. The summed E-state index contributed by atoms with van der Waals surface area (Å²) < 4.78 is 33.9. The Labute approximate surface area is 343 Å². The predicted molar refractivity (Wildman–Crippen MR) is 231 cm³/mol. The van der Waals surface area contributed by atoms with E-state index in [1.54, 1.807) is 0 Å². The fraction of sp³-hybridized carbons (Fsp3) is 0.783. The van der Waals surface area contributed by atoms with Crippen LogP contribution in [0.15, 0.2) is 48.6 Å². The van der Waals surface area contributed by atoms with Crippen molar-refractivity contribution >= 4 is 19.8 Å². The normalized spacial score (nSPS) is 14.0. The molecule has 0 bridgehead atoms. The molecule has 0 aliphatic rings. The second-order valence-electron chi connectivity index (χ2n) is 16.1. The molecule has 9 nitrogen and oxygen atoms in total. The third-order valence-electron chi connectivity index (χ3n) is 9.35. The van der Waals surface area contributed by atoms with E-state index in [9.17, 15) is 19.0 Å². The Balaban J connectivity index is 4.40. The molecule has 0 amide bonds. The third-order valence-corrected chi connectivity index (χ3v) is 10.3. The van der Waals surface area contributed by atoms with E-state index in [1.807, 2.05) is 21.1 Å². The molecule has 0 fully saturated rings. The van der Waals surface area contributed by atoms with Gasteiger partial charge in [0.25, 0.3) is 7.82 Å². The first-order valence-electron chi connectivity index (χ1n) is 22.3. The highest BCUT2D eigenvalue weighted by Gasteiger charge is 2.21. The number of phosphoric ester groups is 1. The lowest BCUT2D eigenvalue weighted by Gasteiger charge is -2.28. The minimum absolute atomic E-state index is 0.0365. The van der Waals surface area contributed by atoms with Crippen molar-refractivity contribution in [2.24, 2.45) is 0 Å². The zero-order chi connectivity index (χ0) is 41.4. The Morgan fingerprint density at radius 1 is 0.554 bits per heavy atom. The van der Waals surface area contributed by atoms with Crippen molar-refractivity contribution in [1.29, 1.82) is 0 Å². The van der Waals surface area contributed by atoms with Gasteiger partial charge in [-0.2, -0.15) is 0 Å². The molecule has 0 aromatic heterocycles. The molecule has 0 aliphatic carbocycles. The predicted octanol–water partition coefficient (Wildman–Crippen LogP) is 12.1. The third kappa shape index (κ3) is 41.6. The summed E-state index contributed by atoms with van der Waals surface area (Å²) in [7, 11) is 1.15. The van der Waals surface area contributed by atoms with Gasteiger partial charge in [0.1, 0.15) is 19.8 Å². The molecule has 0 aliphatic heterocycles. The molecule has 0 heterocycles. The van der Waals surface area contributed by atoms with E-state index in [0.717, 1.165) is 57.8 Å². The Bertz CT molecular complexity index is 1100. The van der Waals surface area contributed by atoms with Crippen LogP contribution in [0.5, 0.6) is 0 Å². The maximum atomic E-state index is 12.7. The highest BCUT2D eigenvalue weighted by atomic mass is 31.2. The van der Waals surface area contributed by atoms with Crippen LogP contribution in [-0.2, 0) is 32.7 Å². The summed E-state index contributed by atoms with van der Waals surface area (Å²) in [5.41, 5.74) is 0. The SMILES string of the molecule is CCCCC/C=C/C/C=C/C/C=C/C/C=C/CCCCCC(=O)OC[C@@H](COP(=O)([O-])OCC[N+](C)(C)C)OC(=O)CCCCCCCCCCCCCCC. The highest BCUT2D eigenvalue weighted by Crippen LogP contribution is 2.38. The van der Waals surface area contributed by atoms with Gasteiger partial charge in [-0.1, -0.05) is 159 Å². The van der Waals surface area contributed by atoms with Crippen molar-refractivity contribution in [1.82, 2.24) is 0 Å². The molecule has 0 saturated heterocycles. The number of hydrogen-bond acceptors (Lipinski definition) is 8. The maximum Gasteiger partial charge on any atom is 0.306 e. The van der Waals surface area contributed by atoms with Gasteiger partial charge in [0.15, 0.2) is 6.10 Å². The number of ether oxygens (including phenoxy) is 2. The zero-order valence-corrected chi connectivity index (χ0v) is 37.5. The van der Waals surface area contributed by atoms with E-state index in [4.69, 9.17) is 18.5 Å². The molecular formula is C46H84NO8P. The fourth-order valence-corrected chi connectivity index (χ4v) is 6.54. The number of esters is 2. The van der Waals surface area contributed by atoms with Crippen molar-refractivity contribution in [2.45, 2.75) is 187 Å². The van der Waals surface area contributed by atoms with Gasteiger partial charge < -0.3 is 27.9 Å². The summed E-state index contributed by atoms with van der Waals surface area (Å²) in [6.45, 7) is 4.16. The number of quaternary nitrogens is 1. The number of phosphoric acid groups is 1. The van der Waals surface area contributed by atoms with E-state index < -0.39 is 32.5 Å². The Morgan fingerprint density at radius 3 is 1.46 bits per heavy atom. The van der Waals surface area contributed by atoms with Crippen molar-refractivity contribution < 1.29 is 42.1 Å². The summed E-state index contributed by atoms with van der Waals surface area (Å²) in [5, 5.41) is 0. The molecule has 0 N–H and O–H groups in total. The molecule has 326 valence electrons. The van der Waals surface area contributed by atoms with Gasteiger partial charge >= 0.3 is 11.9 Å². The van der Waals surface area contributed by atoms with Crippen molar-refractivity contribution in [2.75, 3.05) is 47.5 Å². The van der Waals surface area contributed by atoms with E-state index in [0.29, 0.717) is 23.9 Å². The van der Waals surface area contributed by atoms with Crippen LogP contribution in [0.25, 0.3) is 0 Å². The number of nitrogens with zero attached hydrogens (tertiary/aromatic N) is 1. The van der Waals surface area contributed by atoms with Gasteiger partial charge in [0, 0.05) is 12.8 Å². The van der Waals surface area contributed by atoms with Crippen LogP contribution in [0.1, 0.15) is 181 Å². The average Bonchev–Trinajstić information content (AvgIpc) is 3.15. The number of carbonyl (C=O) groups is 2. The molecule has 0 spiro atoms. The first-order chi connectivity index (χ1) is 27.0. The van der Waals surface area contributed by atoms with E-state index in [2.05, 4.69) is 62.5 Å². The van der Waals surface area contributed by atoms with E-state index >= 15 is 0 Å². The van der Waals surface area contributed by atoms with Gasteiger partial charge in [0.2, 0.25) is 0 Å². The minimum Gasteiger partial charge on any atom is -0.756 e. The minimum atomic E-state index is -4.63. The molecular weight excluding hydrogens is 725 g/mol. The molecule has 2 atom stereocenters. The highest BCUT2D eigenvalue weighted by molar-refractivity contribution is 7.45. The van der Waals surface area contributed by atoms with Crippen LogP contribution in [0, 0.1) is 0 Å². The van der Waals surface area contributed by atoms with E-state index in [-0.39, 0.29) is 26.1 Å². The molecule has 0 aromatic rings. The standard InChI is InChI=1S/C46H84NO8P/c1-6-8-10-12-14-16-18-20-21-22-23-24-25-27-28-30-32-34-36-38-45(48)52-42-44(43-54-56(50,51)53-41-40-47(3,4)5)55-46(49)39-37-35-33-31-29-26-19-17-15-13-11-9-7-2/h14,16,20-21,23-24,27-28,44H,6-13,15,17-19,22,25-26,29-43H2,1-5H3/b16-14+,21-20+,24-23+,28-27+/t44-/m0/s1. The Kier molecular flexibility index (Phi) is 37.1. The summed E-state index contributed by atoms with van der Waals surface area (Å²) in [4.78, 5) is 37.5. The molecule has 56 heavy (non-hydrogen) atoms. The van der Waals surface area contributed by atoms with Crippen molar-refractivity contribution in [3.8, 4) is 0 Å². The second-order valence-corrected chi connectivity index (χ2v) is 17.5. The summed E-state index contributed by atoms with van der Waals surface area (Å²) in [6, 6.07) is 0. The lowest BCUT2D eigenvalue weighted by atomic mass is 10.0. The molecule has 10 heteroatoms.